The lowest BCUT2D eigenvalue weighted by atomic mass is 10.0. The minimum atomic E-state index is -0.658. The Bertz CT molecular complexity index is 489. The zero-order valence-electron chi connectivity index (χ0n) is 22.6. The SMILES string of the molecule is CCCCC/C=C\C/C=C\CCCCCCCC(=O)NC(CO)C(O)CCCCCCCCC. The van der Waals surface area contributed by atoms with Crippen molar-refractivity contribution in [3.8, 4) is 0 Å². The molecule has 0 radical (unpaired) electrons. The van der Waals surface area contributed by atoms with Gasteiger partial charge in [0.2, 0.25) is 5.91 Å². The first-order chi connectivity index (χ1) is 16.7. The second-order valence-electron chi connectivity index (χ2n) is 9.81. The van der Waals surface area contributed by atoms with Crippen LogP contribution in [-0.2, 0) is 4.79 Å². The van der Waals surface area contributed by atoms with Gasteiger partial charge in [-0.3, -0.25) is 4.79 Å². The number of aliphatic hydroxyl groups excluding tert-OH is 2. The molecule has 4 heteroatoms. The van der Waals surface area contributed by atoms with E-state index in [1.54, 1.807) is 0 Å². The Labute approximate surface area is 211 Å². The maximum absolute atomic E-state index is 12.2. The maximum Gasteiger partial charge on any atom is 0.220 e. The van der Waals surface area contributed by atoms with Gasteiger partial charge in [-0.2, -0.15) is 0 Å². The summed E-state index contributed by atoms with van der Waals surface area (Å²) in [5.74, 6) is -0.0525. The Kier molecular flexibility index (Phi) is 25.6. The summed E-state index contributed by atoms with van der Waals surface area (Å²) in [6, 6.07) is -0.537. The predicted molar refractivity (Wildman–Crippen MR) is 147 cm³/mol. The molecule has 0 aliphatic carbocycles. The summed E-state index contributed by atoms with van der Waals surface area (Å²) < 4.78 is 0. The molecule has 0 aromatic carbocycles. The molecule has 4 nitrogen and oxygen atoms in total. The molecule has 0 spiro atoms. The molecule has 3 N–H and O–H groups in total. The average Bonchev–Trinajstić information content (AvgIpc) is 2.84. The number of rotatable bonds is 25. The number of allylic oxidation sites excluding steroid dienone is 4. The molecule has 0 aliphatic rings. The molecule has 0 saturated carbocycles. The minimum absolute atomic E-state index is 0.0525. The number of hydrogen-bond acceptors (Lipinski definition) is 3. The van der Waals surface area contributed by atoms with Gasteiger partial charge in [-0.05, 0) is 44.9 Å². The molecule has 0 rings (SSSR count). The Morgan fingerprint density at radius 1 is 0.706 bits per heavy atom. The standard InChI is InChI=1S/C30H57NO3/c1-3-5-7-9-11-12-13-14-15-16-17-18-20-22-24-26-30(34)31-28(27-32)29(33)25-23-21-19-10-8-6-4-2/h11-12,14-15,28-29,32-33H,3-10,13,16-27H2,1-2H3,(H,31,34)/b12-11-,15-14-. The van der Waals surface area contributed by atoms with Crippen molar-refractivity contribution in [2.24, 2.45) is 0 Å². The van der Waals surface area contributed by atoms with E-state index in [0.717, 1.165) is 44.9 Å². The second kappa shape index (κ2) is 26.5. The molecule has 0 saturated heterocycles. The van der Waals surface area contributed by atoms with Crippen LogP contribution in [0.5, 0.6) is 0 Å². The molecule has 2 unspecified atom stereocenters. The molecule has 0 aromatic rings. The van der Waals surface area contributed by atoms with E-state index in [1.165, 1.54) is 70.6 Å². The number of carbonyl (C=O) groups excluding carboxylic acids is 1. The van der Waals surface area contributed by atoms with Crippen LogP contribution in [0.2, 0.25) is 0 Å². The van der Waals surface area contributed by atoms with Crippen molar-refractivity contribution in [3.63, 3.8) is 0 Å². The quantitative estimate of drug-likeness (QED) is 0.0924. The van der Waals surface area contributed by atoms with Gasteiger partial charge < -0.3 is 15.5 Å². The normalized spacial score (nSPS) is 13.6. The summed E-state index contributed by atoms with van der Waals surface area (Å²) >= 11 is 0. The fourth-order valence-electron chi connectivity index (χ4n) is 4.15. The van der Waals surface area contributed by atoms with Crippen molar-refractivity contribution in [2.45, 2.75) is 154 Å². The van der Waals surface area contributed by atoms with Crippen molar-refractivity contribution in [1.82, 2.24) is 5.32 Å². The minimum Gasteiger partial charge on any atom is -0.394 e. The predicted octanol–water partition coefficient (Wildman–Crippen LogP) is 7.78. The highest BCUT2D eigenvalue weighted by Crippen LogP contribution is 2.12. The first kappa shape index (κ1) is 32.9. The lowest BCUT2D eigenvalue weighted by Gasteiger charge is -2.22. The molecular weight excluding hydrogens is 422 g/mol. The highest BCUT2D eigenvalue weighted by Gasteiger charge is 2.19. The highest BCUT2D eigenvalue weighted by molar-refractivity contribution is 5.76. The van der Waals surface area contributed by atoms with Gasteiger partial charge in [0.25, 0.3) is 0 Å². The Morgan fingerprint density at radius 2 is 1.21 bits per heavy atom. The van der Waals surface area contributed by atoms with Gasteiger partial charge in [0.15, 0.2) is 0 Å². The van der Waals surface area contributed by atoms with Crippen molar-refractivity contribution in [2.75, 3.05) is 6.61 Å². The topological polar surface area (TPSA) is 69.6 Å². The van der Waals surface area contributed by atoms with Gasteiger partial charge in [-0.15, -0.1) is 0 Å². The largest absolute Gasteiger partial charge is 0.394 e. The Morgan fingerprint density at radius 3 is 1.82 bits per heavy atom. The summed E-state index contributed by atoms with van der Waals surface area (Å²) in [4.78, 5) is 12.2. The zero-order chi connectivity index (χ0) is 25.1. The number of nitrogens with one attached hydrogen (secondary N) is 1. The molecule has 2 atom stereocenters. The first-order valence-corrected chi connectivity index (χ1v) is 14.5. The average molecular weight is 480 g/mol. The lowest BCUT2D eigenvalue weighted by Crippen LogP contribution is -2.45. The van der Waals surface area contributed by atoms with Crippen LogP contribution in [0.1, 0.15) is 142 Å². The van der Waals surface area contributed by atoms with E-state index in [9.17, 15) is 15.0 Å². The first-order valence-electron chi connectivity index (χ1n) is 14.5. The van der Waals surface area contributed by atoms with Crippen molar-refractivity contribution in [3.05, 3.63) is 24.3 Å². The third-order valence-corrected chi connectivity index (χ3v) is 6.47. The van der Waals surface area contributed by atoms with Gasteiger partial charge in [0.05, 0.1) is 18.8 Å². The van der Waals surface area contributed by atoms with Crippen LogP contribution in [0.4, 0.5) is 0 Å². The summed E-state index contributed by atoms with van der Waals surface area (Å²) in [6.07, 6.45) is 30.8. The number of amides is 1. The highest BCUT2D eigenvalue weighted by atomic mass is 16.3. The third-order valence-electron chi connectivity index (χ3n) is 6.47. The summed E-state index contributed by atoms with van der Waals surface area (Å²) in [5.41, 5.74) is 0. The zero-order valence-corrected chi connectivity index (χ0v) is 22.6. The van der Waals surface area contributed by atoms with E-state index in [0.29, 0.717) is 12.8 Å². The molecule has 0 aliphatic heterocycles. The van der Waals surface area contributed by atoms with Crippen LogP contribution in [-0.4, -0.2) is 34.9 Å². The van der Waals surface area contributed by atoms with E-state index >= 15 is 0 Å². The van der Waals surface area contributed by atoms with Crippen LogP contribution < -0.4 is 5.32 Å². The van der Waals surface area contributed by atoms with Gasteiger partial charge in [-0.1, -0.05) is 115 Å². The molecule has 0 heterocycles. The van der Waals surface area contributed by atoms with Crippen LogP contribution >= 0.6 is 0 Å². The molecule has 34 heavy (non-hydrogen) atoms. The molecule has 1 amide bonds. The fourth-order valence-corrected chi connectivity index (χ4v) is 4.15. The summed E-state index contributed by atoms with van der Waals surface area (Å²) in [5, 5.41) is 22.7. The number of aliphatic hydroxyl groups is 2. The summed E-state index contributed by atoms with van der Waals surface area (Å²) in [7, 11) is 0. The van der Waals surface area contributed by atoms with Crippen LogP contribution in [0.3, 0.4) is 0 Å². The van der Waals surface area contributed by atoms with Gasteiger partial charge in [0.1, 0.15) is 0 Å². The number of hydrogen-bond donors (Lipinski definition) is 3. The van der Waals surface area contributed by atoms with E-state index in [4.69, 9.17) is 0 Å². The monoisotopic (exact) mass is 479 g/mol. The smallest absolute Gasteiger partial charge is 0.220 e. The Hall–Kier alpha value is -1.13. The molecule has 0 bridgehead atoms. The lowest BCUT2D eigenvalue weighted by molar-refractivity contribution is -0.123. The summed E-state index contributed by atoms with van der Waals surface area (Å²) in [6.45, 7) is 4.25. The molecule has 0 aromatic heterocycles. The van der Waals surface area contributed by atoms with Crippen LogP contribution in [0, 0.1) is 0 Å². The van der Waals surface area contributed by atoms with Crippen LogP contribution in [0.25, 0.3) is 0 Å². The molecular formula is C30H57NO3. The van der Waals surface area contributed by atoms with Gasteiger partial charge in [-0.25, -0.2) is 0 Å². The maximum atomic E-state index is 12.2. The molecule has 0 fully saturated rings. The second-order valence-corrected chi connectivity index (χ2v) is 9.81. The fraction of sp³-hybridized carbons (Fsp3) is 0.833. The van der Waals surface area contributed by atoms with E-state index in [-0.39, 0.29) is 12.5 Å². The van der Waals surface area contributed by atoms with Crippen molar-refractivity contribution >= 4 is 5.91 Å². The Balaban J connectivity index is 3.65. The van der Waals surface area contributed by atoms with Crippen LogP contribution in [0.15, 0.2) is 24.3 Å². The number of unbranched alkanes of at least 4 members (excludes halogenated alkanes) is 14. The van der Waals surface area contributed by atoms with Crippen molar-refractivity contribution in [1.29, 1.82) is 0 Å². The van der Waals surface area contributed by atoms with Gasteiger partial charge in [0, 0.05) is 6.42 Å². The van der Waals surface area contributed by atoms with Gasteiger partial charge >= 0.3 is 0 Å². The number of carbonyl (C=O) groups is 1. The van der Waals surface area contributed by atoms with Crippen molar-refractivity contribution < 1.29 is 15.0 Å². The van der Waals surface area contributed by atoms with E-state index < -0.39 is 12.1 Å². The van der Waals surface area contributed by atoms with E-state index in [2.05, 4.69) is 43.5 Å². The van der Waals surface area contributed by atoms with E-state index in [1.807, 2.05) is 0 Å². The third kappa shape index (κ3) is 22.7. The molecule has 200 valence electrons.